The molecule has 0 aromatic carbocycles. The zero-order chi connectivity index (χ0) is 39.5. The molecule has 3 unspecified atom stereocenters. The van der Waals surface area contributed by atoms with E-state index in [1.54, 1.807) is 12.2 Å². The number of likely N-dealkylation sites (N-methyl/N-ethyl adjacent to an activating group) is 1. The minimum Gasteiger partial charge on any atom is -0.462 e. The Hall–Kier alpha value is -2.07. The summed E-state index contributed by atoms with van der Waals surface area (Å²) < 4.78 is 34.0. The molecule has 0 saturated heterocycles. The van der Waals surface area contributed by atoms with Gasteiger partial charge in [0.25, 0.3) is 0 Å². The monoisotopic (exact) mass is 771 g/mol. The van der Waals surface area contributed by atoms with Crippen LogP contribution in [0.4, 0.5) is 0 Å². The van der Waals surface area contributed by atoms with Gasteiger partial charge < -0.3 is 24.0 Å². The molecule has 11 heteroatoms. The molecule has 0 rings (SSSR count). The van der Waals surface area contributed by atoms with Crippen molar-refractivity contribution in [2.75, 3.05) is 47.5 Å². The van der Waals surface area contributed by atoms with Gasteiger partial charge >= 0.3 is 19.8 Å². The van der Waals surface area contributed by atoms with Gasteiger partial charge in [-0.2, -0.15) is 0 Å². The molecular weight excluding hydrogens is 693 g/mol. The highest BCUT2D eigenvalue weighted by molar-refractivity contribution is 7.47. The Balaban J connectivity index is 4.63. The largest absolute Gasteiger partial charge is 0.472 e. The molecule has 2 N–H and O–H groups in total. The van der Waals surface area contributed by atoms with Gasteiger partial charge in [0, 0.05) is 12.8 Å². The van der Waals surface area contributed by atoms with Gasteiger partial charge in [0.1, 0.15) is 19.8 Å². The Bertz CT molecular complexity index is 1070. The Kier molecular flexibility index (Phi) is 33.1. The van der Waals surface area contributed by atoms with E-state index in [4.69, 9.17) is 18.5 Å². The van der Waals surface area contributed by atoms with E-state index in [-0.39, 0.29) is 26.1 Å². The van der Waals surface area contributed by atoms with Crippen LogP contribution >= 0.6 is 7.82 Å². The van der Waals surface area contributed by atoms with Crippen molar-refractivity contribution in [2.45, 2.75) is 161 Å². The zero-order valence-electron chi connectivity index (χ0n) is 34.1. The number of hydrogen-bond acceptors (Lipinski definition) is 8. The molecule has 0 aliphatic rings. The molecule has 0 radical (unpaired) electrons. The summed E-state index contributed by atoms with van der Waals surface area (Å²) >= 11 is 0. The number of phosphoric ester groups is 1. The summed E-state index contributed by atoms with van der Waals surface area (Å²) in [5.41, 5.74) is 0. The minimum absolute atomic E-state index is 0.00356. The molecule has 0 amide bonds. The van der Waals surface area contributed by atoms with E-state index < -0.39 is 38.6 Å². The first-order chi connectivity index (χ1) is 25.4. The maximum Gasteiger partial charge on any atom is 0.472 e. The lowest BCUT2D eigenvalue weighted by atomic mass is 10.1. The molecule has 0 aromatic rings. The molecule has 3 atom stereocenters. The Labute approximate surface area is 323 Å². The summed E-state index contributed by atoms with van der Waals surface area (Å²) in [6.45, 7) is 4.14. The van der Waals surface area contributed by atoms with Crippen molar-refractivity contribution in [2.24, 2.45) is 0 Å². The number of esters is 2. The van der Waals surface area contributed by atoms with Gasteiger partial charge in [-0.25, -0.2) is 4.57 Å². The Morgan fingerprint density at radius 1 is 0.679 bits per heavy atom. The lowest BCUT2D eigenvalue weighted by Crippen LogP contribution is -2.37. The summed E-state index contributed by atoms with van der Waals surface area (Å²) in [6, 6.07) is 0. The minimum atomic E-state index is -4.42. The number of rotatable bonds is 36. The number of phosphoric acid groups is 1. The molecule has 0 aliphatic heterocycles. The quantitative estimate of drug-likeness (QED) is 0.0160. The van der Waals surface area contributed by atoms with Gasteiger partial charge in [-0.15, -0.1) is 0 Å². The molecule has 10 nitrogen and oxygen atoms in total. The van der Waals surface area contributed by atoms with Gasteiger partial charge in [-0.05, 0) is 44.9 Å². The fourth-order valence-electron chi connectivity index (χ4n) is 5.17. The molecule has 0 spiro atoms. The van der Waals surface area contributed by atoms with Crippen LogP contribution in [0.15, 0.2) is 48.6 Å². The van der Waals surface area contributed by atoms with Crippen LogP contribution in [0.1, 0.15) is 149 Å². The first-order valence-electron chi connectivity index (χ1n) is 20.5. The second-order valence-electron chi connectivity index (χ2n) is 14.9. The predicted molar refractivity (Wildman–Crippen MR) is 216 cm³/mol. The molecular formula is C42H77NO9P+. The average Bonchev–Trinajstić information content (AvgIpc) is 3.09. The van der Waals surface area contributed by atoms with E-state index in [0.29, 0.717) is 30.3 Å². The van der Waals surface area contributed by atoms with Crippen molar-refractivity contribution in [1.82, 2.24) is 0 Å². The van der Waals surface area contributed by atoms with E-state index in [1.807, 2.05) is 33.3 Å². The highest BCUT2D eigenvalue weighted by Gasteiger charge is 2.27. The standard InChI is InChI=1S/C42H76NO9P/c1-6-8-10-12-14-16-18-19-21-22-24-26-28-31-39(44)32-30-34-42(46)52-40(38-51-53(47,48)50-36-35-43(3,4)5)37-49-41(45)33-29-27-25-23-20-17-15-13-11-9-7-2/h14,16,19,21,24,26,28,31,39-40,44H,6-13,15,17-18,20,22-23,25,27,29-30,32-38H2,1-5H3/p+1/b16-14-,21-19-,26-24-,31-28+. The number of carbonyl (C=O) groups excluding carboxylic acids is 2. The van der Waals surface area contributed by atoms with Gasteiger partial charge in [0.15, 0.2) is 6.10 Å². The first-order valence-corrected chi connectivity index (χ1v) is 22.0. The molecule has 0 aromatic heterocycles. The fraction of sp³-hybridized carbons (Fsp3) is 0.762. The number of nitrogens with zero attached hydrogens (tertiary/aromatic N) is 1. The van der Waals surface area contributed by atoms with Crippen LogP contribution < -0.4 is 0 Å². The third-order valence-electron chi connectivity index (χ3n) is 8.47. The van der Waals surface area contributed by atoms with Crippen molar-refractivity contribution >= 4 is 19.8 Å². The van der Waals surface area contributed by atoms with Crippen molar-refractivity contribution in [1.29, 1.82) is 0 Å². The van der Waals surface area contributed by atoms with Crippen LogP contribution in [0.3, 0.4) is 0 Å². The average molecular weight is 771 g/mol. The molecule has 0 fully saturated rings. The maximum atomic E-state index is 12.7. The van der Waals surface area contributed by atoms with Gasteiger partial charge in [-0.3, -0.25) is 18.6 Å². The predicted octanol–water partition coefficient (Wildman–Crippen LogP) is 10.1. The number of ether oxygens (including phenoxy) is 2. The third-order valence-corrected chi connectivity index (χ3v) is 9.45. The van der Waals surface area contributed by atoms with Crippen LogP contribution in [0.5, 0.6) is 0 Å². The van der Waals surface area contributed by atoms with Crippen LogP contribution in [0, 0.1) is 0 Å². The molecule has 0 aliphatic carbocycles. The summed E-state index contributed by atoms with van der Waals surface area (Å²) in [5, 5.41) is 10.3. The highest BCUT2D eigenvalue weighted by atomic mass is 31.2. The topological polar surface area (TPSA) is 129 Å². The number of aliphatic hydroxyl groups is 1. The number of aliphatic hydroxyl groups excluding tert-OH is 1. The molecule has 308 valence electrons. The van der Waals surface area contributed by atoms with Crippen molar-refractivity contribution in [3.8, 4) is 0 Å². The zero-order valence-corrected chi connectivity index (χ0v) is 35.0. The second kappa shape index (κ2) is 34.4. The Morgan fingerprint density at radius 3 is 1.89 bits per heavy atom. The van der Waals surface area contributed by atoms with E-state index in [0.717, 1.165) is 38.5 Å². The first kappa shape index (κ1) is 50.9. The molecule has 0 bridgehead atoms. The van der Waals surface area contributed by atoms with Crippen LogP contribution in [0.25, 0.3) is 0 Å². The summed E-state index contributed by atoms with van der Waals surface area (Å²) in [4.78, 5) is 35.2. The van der Waals surface area contributed by atoms with Gasteiger partial charge in [0.05, 0.1) is 33.9 Å². The molecule has 0 saturated carbocycles. The second-order valence-corrected chi connectivity index (χ2v) is 16.3. The fourth-order valence-corrected chi connectivity index (χ4v) is 5.92. The van der Waals surface area contributed by atoms with Crippen molar-refractivity contribution in [3.63, 3.8) is 0 Å². The highest BCUT2D eigenvalue weighted by Crippen LogP contribution is 2.43. The SMILES string of the molecule is CCCCC/C=C\C/C=C\C/C=C\C=C\C(O)CCCC(=O)OC(COC(=O)CCCCCCCCCCCCC)COP(=O)(O)OCC[N+](C)(C)C. The summed E-state index contributed by atoms with van der Waals surface area (Å²) in [5.74, 6) is -1.00. The van der Waals surface area contributed by atoms with Crippen LogP contribution in [-0.4, -0.2) is 86.1 Å². The van der Waals surface area contributed by atoms with E-state index in [1.165, 1.54) is 64.2 Å². The van der Waals surface area contributed by atoms with Crippen LogP contribution in [-0.2, 0) is 32.7 Å². The van der Waals surface area contributed by atoms with Crippen LogP contribution in [0.2, 0.25) is 0 Å². The number of unbranched alkanes of at least 4 members (excludes halogenated alkanes) is 13. The van der Waals surface area contributed by atoms with E-state index in [9.17, 15) is 24.2 Å². The Morgan fingerprint density at radius 2 is 1.25 bits per heavy atom. The summed E-state index contributed by atoms with van der Waals surface area (Å²) in [6.07, 6.45) is 34.8. The van der Waals surface area contributed by atoms with E-state index in [2.05, 4.69) is 38.2 Å². The normalized spacial score (nSPS) is 14.8. The van der Waals surface area contributed by atoms with E-state index >= 15 is 0 Å². The maximum absolute atomic E-state index is 12.7. The number of hydrogen-bond donors (Lipinski definition) is 2. The van der Waals surface area contributed by atoms with Gasteiger partial charge in [0.2, 0.25) is 0 Å². The number of allylic oxidation sites excluding steroid dienone is 7. The molecule has 0 heterocycles. The number of quaternary nitrogens is 1. The molecule has 53 heavy (non-hydrogen) atoms. The lowest BCUT2D eigenvalue weighted by molar-refractivity contribution is -0.870. The van der Waals surface area contributed by atoms with Gasteiger partial charge in [-0.1, -0.05) is 140 Å². The smallest absolute Gasteiger partial charge is 0.462 e. The van der Waals surface area contributed by atoms with Crippen molar-refractivity contribution < 1.29 is 47.2 Å². The number of carbonyl (C=O) groups is 2. The lowest BCUT2D eigenvalue weighted by Gasteiger charge is -2.24. The van der Waals surface area contributed by atoms with Crippen molar-refractivity contribution in [3.05, 3.63) is 48.6 Å². The summed E-state index contributed by atoms with van der Waals surface area (Å²) in [7, 11) is 1.35. The third kappa shape index (κ3) is 38.0.